The van der Waals surface area contributed by atoms with Crippen molar-refractivity contribution >= 4 is 47.5 Å². The van der Waals surface area contributed by atoms with Crippen molar-refractivity contribution in [3.05, 3.63) is 115 Å². The predicted octanol–water partition coefficient (Wildman–Crippen LogP) is 4.90. The summed E-state index contributed by atoms with van der Waals surface area (Å²) >= 11 is 2.67. The van der Waals surface area contributed by atoms with Gasteiger partial charge in [-0.1, -0.05) is 0 Å². The predicted molar refractivity (Wildman–Crippen MR) is 127 cm³/mol. The van der Waals surface area contributed by atoms with Crippen LogP contribution in [0.3, 0.4) is 0 Å². The van der Waals surface area contributed by atoms with E-state index in [1.165, 1.54) is 15.9 Å². The molecule has 0 aliphatic rings. The van der Waals surface area contributed by atoms with E-state index in [1.54, 1.807) is 6.07 Å². The fourth-order valence-corrected chi connectivity index (χ4v) is 12.7. The monoisotopic (exact) mass is 482 g/mol. The van der Waals surface area contributed by atoms with Crippen LogP contribution in [-0.2, 0) is 0 Å². The summed E-state index contributed by atoms with van der Waals surface area (Å²) in [6.07, 6.45) is 0. The molecule has 0 bridgehead atoms. The molecule has 0 heterocycles. The van der Waals surface area contributed by atoms with E-state index < -0.39 is 4.25 Å². The van der Waals surface area contributed by atoms with E-state index in [2.05, 4.69) is 101 Å². The molecule has 0 aliphatic heterocycles. The van der Waals surface area contributed by atoms with Crippen LogP contribution in [0.4, 0.5) is 0 Å². The normalized spacial score (nSPS) is 12.9. The molecular formula is C24H20IOP. The van der Waals surface area contributed by atoms with Crippen LogP contribution >= 0.6 is 26.3 Å². The van der Waals surface area contributed by atoms with Crippen molar-refractivity contribution in [1.29, 1.82) is 0 Å². The molecule has 0 aromatic heterocycles. The van der Waals surface area contributed by atoms with Gasteiger partial charge >= 0.3 is 174 Å². The van der Waals surface area contributed by atoms with Gasteiger partial charge in [-0.15, -0.1) is 0 Å². The van der Waals surface area contributed by atoms with E-state index in [1.807, 2.05) is 30.3 Å². The summed E-state index contributed by atoms with van der Waals surface area (Å²) in [5, 5.41) is 15.7. The Morgan fingerprint density at radius 2 is 0.815 bits per heavy atom. The van der Waals surface area contributed by atoms with E-state index in [-0.39, 0.29) is 0 Å². The van der Waals surface area contributed by atoms with Gasteiger partial charge in [-0.3, -0.25) is 0 Å². The maximum absolute atomic E-state index is 11.0. The number of para-hydroxylation sites is 1. The van der Waals surface area contributed by atoms with Crippen LogP contribution in [0.15, 0.2) is 115 Å². The Labute approximate surface area is 173 Å². The molecule has 0 amide bonds. The number of hydrogen-bond donors (Lipinski definition) is 1. The first-order valence-electron chi connectivity index (χ1n) is 8.85. The van der Waals surface area contributed by atoms with Gasteiger partial charge in [0.2, 0.25) is 0 Å². The molecule has 4 rings (SSSR count). The van der Waals surface area contributed by atoms with E-state index in [4.69, 9.17) is 0 Å². The average Bonchev–Trinajstić information content (AvgIpc) is 2.75. The molecule has 0 spiro atoms. The Morgan fingerprint density at radius 1 is 0.481 bits per heavy atom. The summed E-state index contributed by atoms with van der Waals surface area (Å²) in [6, 6.07) is 39.6. The van der Waals surface area contributed by atoms with Crippen LogP contribution in [0, 0.1) is 0 Å². The van der Waals surface area contributed by atoms with Gasteiger partial charge in [0.25, 0.3) is 0 Å². The fraction of sp³-hybridized carbons (Fsp3) is 0. The molecule has 4 aromatic rings. The van der Waals surface area contributed by atoms with Crippen molar-refractivity contribution in [2.24, 2.45) is 0 Å². The molecule has 134 valence electrons. The van der Waals surface area contributed by atoms with E-state index >= 15 is 0 Å². The van der Waals surface area contributed by atoms with Crippen molar-refractivity contribution in [3.63, 3.8) is 0 Å². The number of rotatable bonds is 4. The third kappa shape index (κ3) is 2.70. The Balaban J connectivity index is 2.26. The van der Waals surface area contributed by atoms with Gasteiger partial charge in [-0.05, 0) is 0 Å². The second kappa shape index (κ2) is 7.10. The molecular weight excluding hydrogens is 462 g/mol. The van der Waals surface area contributed by atoms with Crippen molar-refractivity contribution < 1.29 is 5.11 Å². The van der Waals surface area contributed by atoms with Gasteiger partial charge < -0.3 is 0 Å². The molecule has 0 saturated carbocycles. The molecule has 0 aliphatic carbocycles. The maximum atomic E-state index is 11.0. The van der Waals surface area contributed by atoms with Crippen LogP contribution in [0.2, 0.25) is 0 Å². The van der Waals surface area contributed by atoms with Gasteiger partial charge in [-0.2, -0.15) is 0 Å². The Bertz CT molecular complexity index is 950. The minimum atomic E-state index is -3.14. The Hall–Kier alpha value is -2.16. The van der Waals surface area contributed by atoms with E-state index in [9.17, 15) is 5.11 Å². The quantitative estimate of drug-likeness (QED) is 0.324. The summed E-state index contributed by atoms with van der Waals surface area (Å²) in [5.74, 6) is 0.334. The second-order valence-electron chi connectivity index (χ2n) is 6.50. The van der Waals surface area contributed by atoms with Crippen LogP contribution in [0.5, 0.6) is 5.75 Å². The number of aromatic hydroxyl groups is 1. The molecule has 3 heteroatoms. The topological polar surface area (TPSA) is 20.2 Å². The molecule has 27 heavy (non-hydrogen) atoms. The van der Waals surface area contributed by atoms with Gasteiger partial charge in [0.15, 0.2) is 0 Å². The van der Waals surface area contributed by atoms with Crippen molar-refractivity contribution in [2.45, 2.75) is 0 Å². The second-order valence-corrected chi connectivity index (χ2v) is 16.3. The molecule has 0 unspecified atom stereocenters. The number of halogens is 1. The van der Waals surface area contributed by atoms with E-state index in [0.717, 1.165) is 5.30 Å². The standard InChI is InChI=1S/C24H20IOP/c25-27(20-12-4-1-5-13-20,21-14-6-2-7-15-21,22-16-8-3-9-17-22)24-19-11-10-18-23(24)26/h1-19,26H. The number of phenols is 1. The molecule has 0 atom stereocenters. The molecule has 1 nitrogen and oxygen atoms in total. The van der Waals surface area contributed by atoms with Gasteiger partial charge in [-0.25, -0.2) is 0 Å². The average molecular weight is 482 g/mol. The third-order valence-corrected chi connectivity index (χ3v) is 16.7. The van der Waals surface area contributed by atoms with Crippen molar-refractivity contribution in [1.82, 2.24) is 0 Å². The first kappa shape index (κ1) is 18.2. The Kier molecular flexibility index (Phi) is 4.79. The first-order valence-corrected chi connectivity index (χ1v) is 13.9. The summed E-state index contributed by atoms with van der Waals surface area (Å²) in [4.78, 5) is 0. The van der Waals surface area contributed by atoms with Crippen molar-refractivity contribution in [3.8, 4) is 5.75 Å². The fourth-order valence-electron chi connectivity index (χ4n) is 3.81. The van der Waals surface area contributed by atoms with Crippen molar-refractivity contribution in [2.75, 3.05) is 0 Å². The number of benzene rings is 4. The number of hydrogen-bond acceptors (Lipinski definition) is 1. The molecule has 0 saturated heterocycles. The van der Waals surface area contributed by atoms with E-state index in [0.29, 0.717) is 5.75 Å². The third-order valence-electron chi connectivity index (χ3n) is 5.06. The minimum absolute atomic E-state index is 0.334. The summed E-state index contributed by atoms with van der Waals surface area (Å²) in [7, 11) is 0. The van der Waals surface area contributed by atoms with Gasteiger partial charge in [0.1, 0.15) is 0 Å². The zero-order valence-corrected chi connectivity index (χ0v) is 17.8. The SMILES string of the molecule is Oc1ccccc1P(I)(c1ccccc1)(c1ccccc1)c1ccccc1. The molecule has 1 N–H and O–H groups in total. The van der Waals surface area contributed by atoms with Crippen LogP contribution in [0.1, 0.15) is 0 Å². The zero-order valence-electron chi connectivity index (χ0n) is 14.7. The zero-order chi connectivity index (χ0) is 18.8. The Morgan fingerprint density at radius 3 is 1.19 bits per heavy atom. The molecule has 0 fully saturated rings. The van der Waals surface area contributed by atoms with Gasteiger partial charge in [0.05, 0.1) is 0 Å². The van der Waals surface area contributed by atoms with Crippen LogP contribution in [-0.4, -0.2) is 5.11 Å². The van der Waals surface area contributed by atoms with Crippen LogP contribution < -0.4 is 21.2 Å². The number of phenolic OH excluding ortho intramolecular Hbond substituents is 1. The van der Waals surface area contributed by atoms with Gasteiger partial charge in [0, 0.05) is 0 Å². The first-order chi connectivity index (χ1) is 13.2. The molecule has 4 aromatic carbocycles. The summed E-state index contributed by atoms with van der Waals surface area (Å²) < 4.78 is -3.14. The summed E-state index contributed by atoms with van der Waals surface area (Å²) in [5.41, 5.74) is 0. The van der Waals surface area contributed by atoms with Crippen LogP contribution in [0.25, 0.3) is 0 Å². The summed E-state index contributed by atoms with van der Waals surface area (Å²) in [6.45, 7) is 0. The molecule has 0 radical (unpaired) electrons.